The van der Waals surface area contributed by atoms with E-state index in [1.807, 2.05) is 0 Å². The summed E-state index contributed by atoms with van der Waals surface area (Å²) in [5.41, 5.74) is 6.27. The van der Waals surface area contributed by atoms with Gasteiger partial charge in [0.2, 0.25) is 0 Å². The van der Waals surface area contributed by atoms with Crippen molar-refractivity contribution < 1.29 is 0 Å². The normalized spacial score (nSPS) is 57.8. The molecule has 1 heteroatoms. The minimum atomic E-state index is 0.667. The Morgan fingerprint density at radius 3 is 2.25 bits per heavy atom. The van der Waals surface area contributed by atoms with Gasteiger partial charge in [-0.05, 0) is 36.6 Å². The van der Waals surface area contributed by atoms with Gasteiger partial charge in [-0.1, -0.05) is 6.92 Å². The van der Waals surface area contributed by atoms with Gasteiger partial charge in [-0.2, -0.15) is 0 Å². The summed E-state index contributed by atoms with van der Waals surface area (Å²) in [5, 5.41) is 0. The third-order valence-corrected chi connectivity index (χ3v) is 3.20. The molecule has 2 atom stereocenters. The van der Waals surface area contributed by atoms with Crippen LogP contribution in [0.1, 0.15) is 19.8 Å². The van der Waals surface area contributed by atoms with E-state index in [9.17, 15) is 0 Å². The van der Waals surface area contributed by atoms with Crippen molar-refractivity contribution in [2.75, 3.05) is 6.54 Å². The average molecular weight is 111 g/mol. The van der Waals surface area contributed by atoms with Crippen LogP contribution in [0, 0.1) is 17.3 Å². The van der Waals surface area contributed by atoms with Gasteiger partial charge in [-0.25, -0.2) is 0 Å². The predicted octanol–water partition coefficient (Wildman–Crippen LogP) is 0.991. The van der Waals surface area contributed by atoms with Crippen molar-refractivity contribution in [3.05, 3.63) is 0 Å². The molecule has 2 aliphatic rings. The van der Waals surface area contributed by atoms with Crippen LogP contribution in [0.25, 0.3) is 0 Å². The minimum Gasteiger partial charge on any atom is -0.330 e. The van der Waals surface area contributed by atoms with Crippen LogP contribution in [0.3, 0.4) is 0 Å². The Hall–Kier alpha value is -0.0400. The number of hydrogen-bond donors (Lipinski definition) is 1. The van der Waals surface area contributed by atoms with E-state index in [0.29, 0.717) is 5.41 Å². The number of fused-ring (bicyclic) bond motifs is 1. The van der Waals surface area contributed by atoms with Gasteiger partial charge < -0.3 is 5.73 Å². The van der Waals surface area contributed by atoms with Crippen molar-refractivity contribution in [3.8, 4) is 0 Å². The van der Waals surface area contributed by atoms with Crippen LogP contribution in [-0.2, 0) is 0 Å². The highest BCUT2D eigenvalue weighted by atomic mass is 14.8. The second-order valence-corrected chi connectivity index (χ2v) is 3.24. The standard InChI is InChI=1S/C7H13N/c1-2-7(4-8)5-3-6(5)7/h5-6H,2-4,8H2,1H3. The van der Waals surface area contributed by atoms with Gasteiger partial charge in [0.1, 0.15) is 0 Å². The zero-order chi connectivity index (χ0) is 5.78. The summed E-state index contributed by atoms with van der Waals surface area (Å²) in [6.45, 7) is 3.21. The van der Waals surface area contributed by atoms with E-state index in [1.165, 1.54) is 12.8 Å². The second kappa shape index (κ2) is 1.10. The fourth-order valence-corrected chi connectivity index (χ4v) is 2.15. The first kappa shape index (κ1) is 4.80. The summed E-state index contributed by atoms with van der Waals surface area (Å²) in [5.74, 6) is 2.13. The summed E-state index contributed by atoms with van der Waals surface area (Å²) < 4.78 is 0. The van der Waals surface area contributed by atoms with Crippen LogP contribution in [-0.4, -0.2) is 6.54 Å². The molecule has 0 aliphatic heterocycles. The smallest absolute Gasteiger partial charge is 0.00151 e. The van der Waals surface area contributed by atoms with Gasteiger partial charge in [0.15, 0.2) is 0 Å². The summed E-state index contributed by atoms with van der Waals surface area (Å²) in [7, 11) is 0. The van der Waals surface area contributed by atoms with Crippen LogP contribution in [0.4, 0.5) is 0 Å². The van der Waals surface area contributed by atoms with Gasteiger partial charge in [0.25, 0.3) is 0 Å². The lowest BCUT2D eigenvalue weighted by Crippen LogP contribution is -2.21. The van der Waals surface area contributed by atoms with Crippen LogP contribution < -0.4 is 5.73 Å². The fraction of sp³-hybridized carbons (Fsp3) is 1.00. The molecule has 2 fully saturated rings. The van der Waals surface area contributed by atoms with E-state index in [1.54, 1.807) is 0 Å². The van der Waals surface area contributed by atoms with E-state index >= 15 is 0 Å². The van der Waals surface area contributed by atoms with Gasteiger partial charge in [0.05, 0.1) is 0 Å². The highest BCUT2D eigenvalue weighted by Crippen LogP contribution is 2.78. The molecule has 0 saturated heterocycles. The van der Waals surface area contributed by atoms with Crippen molar-refractivity contribution in [2.24, 2.45) is 23.0 Å². The molecule has 2 unspecified atom stereocenters. The molecule has 0 aromatic rings. The van der Waals surface area contributed by atoms with Crippen LogP contribution >= 0.6 is 0 Å². The molecule has 8 heavy (non-hydrogen) atoms. The maximum absolute atomic E-state index is 5.60. The van der Waals surface area contributed by atoms with Gasteiger partial charge in [-0.15, -0.1) is 0 Å². The van der Waals surface area contributed by atoms with E-state index in [0.717, 1.165) is 18.4 Å². The maximum atomic E-state index is 5.60. The van der Waals surface area contributed by atoms with E-state index in [2.05, 4.69) is 6.92 Å². The Labute approximate surface area is 50.3 Å². The lowest BCUT2D eigenvalue weighted by Gasteiger charge is -2.16. The molecule has 2 rings (SSSR count). The summed E-state index contributed by atoms with van der Waals surface area (Å²) in [4.78, 5) is 0. The number of nitrogens with two attached hydrogens (primary N) is 1. The Bertz CT molecular complexity index is 106. The Kier molecular flexibility index (Phi) is 0.663. The molecule has 2 aliphatic carbocycles. The molecule has 2 N–H and O–H groups in total. The highest BCUT2D eigenvalue weighted by molar-refractivity contribution is 5.23. The first-order chi connectivity index (χ1) is 3.85. The SMILES string of the molecule is CCC1(CN)C2CC21. The molecular weight excluding hydrogens is 98.1 g/mol. The Morgan fingerprint density at radius 1 is 1.62 bits per heavy atom. The molecule has 0 bridgehead atoms. The molecule has 0 amide bonds. The molecule has 0 aromatic carbocycles. The monoisotopic (exact) mass is 111 g/mol. The van der Waals surface area contributed by atoms with Crippen molar-refractivity contribution in [1.29, 1.82) is 0 Å². The third-order valence-electron chi connectivity index (χ3n) is 3.20. The Morgan fingerprint density at radius 2 is 2.25 bits per heavy atom. The quantitative estimate of drug-likeness (QED) is 0.565. The first-order valence-corrected chi connectivity index (χ1v) is 3.55. The maximum Gasteiger partial charge on any atom is -0.00151 e. The second-order valence-electron chi connectivity index (χ2n) is 3.24. The largest absolute Gasteiger partial charge is 0.330 e. The highest BCUT2D eigenvalue weighted by Gasteiger charge is 2.74. The molecule has 1 nitrogen and oxygen atoms in total. The first-order valence-electron chi connectivity index (χ1n) is 3.55. The minimum absolute atomic E-state index is 0.667. The number of rotatable bonds is 2. The van der Waals surface area contributed by atoms with E-state index < -0.39 is 0 Å². The van der Waals surface area contributed by atoms with Gasteiger partial charge in [0, 0.05) is 0 Å². The third kappa shape index (κ3) is 0.304. The average Bonchev–Trinajstić information content (AvgIpc) is 2.53. The van der Waals surface area contributed by atoms with Crippen molar-refractivity contribution in [1.82, 2.24) is 0 Å². The summed E-state index contributed by atoms with van der Waals surface area (Å²) in [6.07, 6.45) is 2.81. The van der Waals surface area contributed by atoms with Gasteiger partial charge >= 0.3 is 0 Å². The van der Waals surface area contributed by atoms with Crippen molar-refractivity contribution >= 4 is 0 Å². The zero-order valence-electron chi connectivity index (χ0n) is 5.35. The van der Waals surface area contributed by atoms with Crippen LogP contribution in [0.15, 0.2) is 0 Å². The van der Waals surface area contributed by atoms with Gasteiger partial charge in [-0.3, -0.25) is 0 Å². The lowest BCUT2D eigenvalue weighted by molar-refractivity contribution is 0.364. The van der Waals surface area contributed by atoms with Crippen LogP contribution in [0.2, 0.25) is 0 Å². The molecule has 2 saturated carbocycles. The van der Waals surface area contributed by atoms with Crippen molar-refractivity contribution in [3.63, 3.8) is 0 Å². The molecule has 0 spiro atoms. The number of hydrogen-bond acceptors (Lipinski definition) is 1. The Balaban J connectivity index is 2.01. The van der Waals surface area contributed by atoms with E-state index in [-0.39, 0.29) is 0 Å². The topological polar surface area (TPSA) is 26.0 Å². The molecule has 0 radical (unpaired) electrons. The predicted molar refractivity (Wildman–Crippen MR) is 33.4 cm³/mol. The summed E-state index contributed by atoms with van der Waals surface area (Å²) in [6, 6.07) is 0. The molecule has 0 aromatic heterocycles. The molecular formula is C7H13N. The summed E-state index contributed by atoms with van der Waals surface area (Å²) >= 11 is 0. The van der Waals surface area contributed by atoms with Crippen molar-refractivity contribution in [2.45, 2.75) is 19.8 Å². The zero-order valence-corrected chi connectivity index (χ0v) is 5.35. The lowest BCUT2D eigenvalue weighted by atomic mass is 9.92. The molecule has 0 heterocycles. The van der Waals surface area contributed by atoms with E-state index in [4.69, 9.17) is 5.73 Å². The fourth-order valence-electron chi connectivity index (χ4n) is 2.15. The molecule has 46 valence electrons. The van der Waals surface area contributed by atoms with Crippen LogP contribution in [0.5, 0.6) is 0 Å².